The second-order valence-electron chi connectivity index (χ2n) is 6.43. The number of fused-ring (bicyclic) bond motifs is 1. The van der Waals surface area contributed by atoms with Crippen LogP contribution in [0.4, 0.5) is 0 Å². The number of hydrogen-bond donors (Lipinski definition) is 0. The Hall–Kier alpha value is -3.46. The van der Waals surface area contributed by atoms with Gasteiger partial charge in [-0.15, -0.1) is 0 Å². The Morgan fingerprint density at radius 2 is 1.63 bits per heavy atom. The largest absolute Gasteiger partial charge is 0.489 e. The molecule has 132 valence electrons. The number of nitrogens with zero attached hydrogens (tertiary/aromatic N) is 1. The van der Waals surface area contributed by atoms with Crippen molar-refractivity contribution >= 4 is 16.7 Å². The molecule has 4 aromatic rings. The Bertz CT molecular complexity index is 1060. The normalized spacial score (nSPS) is 10.7. The molecule has 4 rings (SSSR count). The summed E-state index contributed by atoms with van der Waals surface area (Å²) in [5.41, 5.74) is 3.73. The molecule has 0 spiro atoms. The van der Waals surface area contributed by atoms with Gasteiger partial charge in [-0.3, -0.25) is 9.78 Å². The zero-order valence-corrected chi connectivity index (χ0v) is 14.8. The first kappa shape index (κ1) is 17.0. The van der Waals surface area contributed by atoms with E-state index in [2.05, 4.69) is 4.98 Å². The lowest BCUT2D eigenvalue weighted by molar-refractivity contribution is 0.0993. The van der Waals surface area contributed by atoms with E-state index >= 15 is 0 Å². The Labute approximate surface area is 158 Å². The van der Waals surface area contributed by atoms with E-state index in [1.165, 1.54) is 0 Å². The summed E-state index contributed by atoms with van der Waals surface area (Å²) in [4.78, 5) is 16.9. The molecule has 3 nitrogen and oxygen atoms in total. The van der Waals surface area contributed by atoms with E-state index in [1.807, 2.05) is 84.9 Å². The molecule has 0 atom stereocenters. The van der Waals surface area contributed by atoms with Crippen molar-refractivity contribution in [2.24, 2.45) is 0 Å². The third kappa shape index (κ3) is 4.21. The molecule has 0 aliphatic rings. The first-order valence-corrected chi connectivity index (χ1v) is 8.91. The molecular weight excluding hydrogens is 334 g/mol. The van der Waals surface area contributed by atoms with Crippen LogP contribution in [0, 0.1) is 0 Å². The van der Waals surface area contributed by atoms with Gasteiger partial charge < -0.3 is 4.74 Å². The fraction of sp³-hybridized carbons (Fsp3) is 0.0833. The fourth-order valence-corrected chi connectivity index (χ4v) is 3.00. The number of ketones is 1. The minimum atomic E-state index is 0.0906. The van der Waals surface area contributed by atoms with Crippen LogP contribution >= 0.6 is 0 Å². The molecule has 3 heteroatoms. The van der Waals surface area contributed by atoms with Gasteiger partial charge in [-0.1, -0.05) is 42.5 Å². The molecule has 1 aromatic heterocycles. The standard InChI is InChI=1S/C24H19NO2/c26-24(16-19-8-13-23-21(15-19)7-4-14-25-23)20-9-11-22(12-10-20)27-17-18-5-2-1-3-6-18/h1-15H,16-17H2. The number of benzene rings is 3. The average Bonchev–Trinajstić information content (AvgIpc) is 2.73. The van der Waals surface area contributed by atoms with Gasteiger partial charge in [-0.05, 0) is 53.6 Å². The van der Waals surface area contributed by atoms with Crippen molar-refractivity contribution in [1.82, 2.24) is 4.98 Å². The Morgan fingerprint density at radius 1 is 0.815 bits per heavy atom. The number of ether oxygens (including phenoxy) is 1. The zero-order valence-electron chi connectivity index (χ0n) is 14.8. The number of Topliss-reactive ketones (excluding diaryl/α,β-unsaturated/α-hetero) is 1. The molecule has 0 saturated carbocycles. The highest BCUT2D eigenvalue weighted by atomic mass is 16.5. The van der Waals surface area contributed by atoms with Gasteiger partial charge >= 0.3 is 0 Å². The number of carbonyl (C=O) groups is 1. The zero-order chi connectivity index (χ0) is 18.5. The summed E-state index contributed by atoms with van der Waals surface area (Å²) in [5, 5.41) is 1.05. The molecule has 0 N–H and O–H groups in total. The van der Waals surface area contributed by atoms with Gasteiger partial charge in [0.25, 0.3) is 0 Å². The number of carbonyl (C=O) groups excluding carboxylic acids is 1. The molecule has 0 amide bonds. The fourth-order valence-electron chi connectivity index (χ4n) is 3.00. The van der Waals surface area contributed by atoms with Crippen molar-refractivity contribution < 1.29 is 9.53 Å². The number of hydrogen-bond acceptors (Lipinski definition) is 3. The summed E-state index contributed by atoms with van der Waals surface area (Å²) in [5.74, 6) is 0.847. The number of pyridine rings is 1. The second-order valence-corrected chi connectivity index (χ2v) is 6.43. The van der Waals surface area contributed by atoms with Crippen molar-refractivity contribution in [3.05, 3.63) is 108 Å². The van der Waals surface area contributed by atoms with Crippen LogP contribution in [0.1, 0.15) is 21.5 Å². The summed E-state index contributed by atoms with van der Waals surface area (Å²) < 4.78 is 5.78. The monoisotopic (exact) mass is 353 g/mol. The minimum absolute atomic E-state index is 0.0906. The van der Waals surface area contributed by atoms with Crippen LogP contribution in [0.15, 0.2) is 91.1 Å². The molecule has 0 unspecified atom stereocenters. The summed E-state index contributed by atoms with van der Waals surface area (Å²) >= 11 is 0. The van der Waals surface area contributed by atoms with E-state index in [9.17, 15) is 4.79 Å². The van der Waals surface area contributed by atoms with Crippen LogP contribution in [0.3, 0.4) is 0 Å². The van der Waals surface area contributed by atoms with E-state index in [0.717, 1.165) is 27.8 Å². The molecular formula is C24H19NO2. The van der Waals surface area contributed by atoms with E-state index in [1.54, 1.807) is 6.20 Å². The van der Waals surface area contributed by atoms with Gasteiger partial charge in [0, 0.05) is 23.6 Å². The van der Waals surface area contributed by atoms with Gasteiger partial charge in [0.15, 0.2) is 5.78 Å². The lowest BCUT2D eigenvalue weighted by Crippen LogP contribution is -2.04. The van der Waals surface area contributed by atoms with Crippen LogP contribution in [0.25, 0.3) is 10.9 Å². The van der Waals surface area contributed by atoms with Crippen LogP contribution in [-0.2, 0) is 13.0 Å². The smallest absolute Gasteiger partial charge is 0.167 e. The van der Waals surface area contributed by atoms with Gasteiger partial charge in [0.05, 0.1) is 5.52 Å². The quantitative estimate of drug-likeness (QED) is 0.445. The number of rotatable bonds is 6. The molecule has 0 fully saturated rings. The van der Waals surface area contributed by atoms with Crippen LogP contribution in [0.2, 0.25) is 0 Å². The molecule has 27 heavy (non-hydrogen) atoms. The predicted octanol–water partition coefficient (Wildman–Crippen LogP) is 5.24. The Balaban J connectivity index is 1.41. The topological polar surface area (TPSA) is 39.2 Å². The maximum Gasteiger partial charge on any atom is 0.167 e. The van der Waals surface area contributed by atoms with Crippen molar-refractivity contribution in [3.8, 4) is 5.75 Å². The van der Waals surface area contributed by atoms with Gasteiger partial charge in [-0.2, -0.15) is 0 Å². The maximum atomic E-state index is 12.6. The minimum Gasteiger partial charge on any atom is -0.489 e. The molecule has 0 saturated heterocycles. The van der Waals surface area contributed by atoms with Gasteiger partial charge in [-0.25, -0.2) is 0 Å². The second kappa shape index (κ2) is 7.83. The van der Waals surface area contributed by atoms with Gasteiger partial charge in [0.1, 0.15) is 12.4 Å². The molecule has 0 aliphatic carbocycles. The van der Waals surface area contributed by atoms with E-state index < -0.39 is 0 Å². The van der Waals surface area contributed by atoms with Gasteiger partial charge in [0.2, 0.25) is 0 Å². The predicted molar refractivity (Wildman–Crippen MR) is 107 cm³/mol. The highest BCUT2D eigenvalue weighted by molar-refractivity contribution is 5.98. The lowest BCUT2D eigenvalue weighted by Gasteiger charge is -2.07. The molecule has 0 radical (unpaired) electrons. The molecule has 0 aliphatic heterocycles. The van der Waals surface area contributed by atoms with Crippen LogP contribution < -0.4 is 4.74 Å². The highest BCUT2D eigenvalue weighted by Gasteiger charge is 2.08. The summed E-state index contributed by atoms with van der Waals surface area (Å²) in [6.45, 7) is 0.513. The molecule has 3 aromatic carbocycles. The maximum absolute atomic E-state index is 12.6. The van der Waals surface area contributed by atoms with Crippen molar-refractivity contribution in [2.75, 3.05) is 0 Å². The van der Waals surface area contributed by atoms with E-state index in [0.29, 0.717) is 18.6 Å². The first-order valence-electron chi connectivity index (χ1n) is 8.91. The average molecular weight is 353 g/mol. The SMILES string of the molecule is O=C(Cc1ccc2ncccc2c1)c1ccc(OCc2ccccc2)cc1. The van der Waals surface area contributed by atoms with Crippen LogP contribution in [-0.4, -0.2) is 10.8 Å². The third-order valence-electron chi connectivity index (χ3n) is 4.46. The van der Waals surface area contributed by atoms with Crippen molar-refractivity contribution in [1.29, 1.82) is 0 Å². The summed E-state index contributed by atoms with van der Waals surface area (Å²) in [6.07, 6.45) is 2.14. The number of aromatic nitrogens is 1. The highest BCUT2D eigenvalue weighted by Crippen LogP contribution is 2.18. The van der Waals surface area contributed by atoms with Crippen molar-refractivity contribution in [3.63, 3.8) is 0 Å². The van der Waals surface area contributed by atoms with E-state index in [-0.39, 0.29) is 5.78 Å². The summed E-state index contributed by atoms with van der Waals surface area (Å²) in [7, 11) is 0. The third-order valence-corrected chi connectivity index (χ3v) is 4.46. The Morgan fingerprint density at radius 3 is 2.44 bits per heavy atom. The Kier molecular flexibility index (Phi) is 4.93. The molecule has 1 heterocycles. The lowest BCUT2D eigenvalue weighted by atomic mass is 10.0. The first-order chi connectivity index (χ1) is 13.3. The van der Waals surface area contributed by atoms with E-state index in [4.69, 9.17) is 4.74 Å². The van der Waals surface area contributed by atoms with Crippen LogP contribution in [0.5, 0.6) is 5.75 Å². The van der Waals surface area contributed by atoms with Crippen molar-refractivity contribution in [2.45, 2.75) is 13.0 Å². The summed E-state index contributed by atoms with van der Waals surface area (Å²) in [6, 6.07) is 27.2. The molecule has 0 bridgehead atoms.